The summed E-state index contributed by atoms with van der Waals surface area (Å²) in [4.78, 5) is 11.3. The van der Waals surface area contributed by atoms with Crippen LogP contribution >= 0.6 is 0 Å². The van der Waals surface area contributed by atoms with Crippen LogP contribution in [0.15, 0.2) is 36.5 Å². The first-order chi connectivity index (χ1) is 7.59. The number of allylic oxidation sites excluding steroid dienone is 1. The average molecular weight is 219 g/mol. The van der Waals surface area contributed by atoms with Crippen LogP contribution in [-0.2, 0) is 4.79 Å². The zero-order chi connectivity index (χ0) is 12.0. The lowest BCUT2D eigenvalue weighted by Crippen LogP contribution is -1.99. The third-order valence-electron chi connectivity index (χ3n) is 2.02. The molecule has 3 heteroatoms. The van der Waals surface area contributed by atoms with Gasteiger partial charge in [0.25, 0.3) is 0 Å². The van der Waals surface area contributed by atoms with Crippen molar-refractivity contribution in [3.63, 3.8) is 0 Å². The van der Waals surface area contributed by atoms with Gasteiger partial charge in [-0.25, -0.2) is 0 Å². The van der Waals surface area contributed by atoms with Crippen molar-refractivity contribution in [3.05, 3.63) is 36.5 Å². The monoisotopic (exact) mass is 219 g/mol. The molecule has 1 aromatic rings. The smallest absolute Gasteiger partial charge is 0.157 e. The molecule has 0 heterocycles. The van der Waals surface area contributed by atoms with E-state index >= 15 is 0 Å². The summed E-state index contributed by atoms with van der Waals surface area (Å²) >= 11 is 0. The molecule has 1 aromatic carbocycles. The molecule has 0 saturated heterocycles. The molecule has 2 N–H and O–H groups in total. The Hall–Kier alpha value is -1.77. The predicted octanol–water partition coefficient (Wildman–Crippen LogP) is 2.93. The highest BCUT2D eigenvalue weighted by Crippen LogP contribution is 2.21. The number of anilines is 1. The molecule has 0 unspecified atom stereocenters. The number of carbonyl (C=O) groups excluding carboxylic acids is 1. The van der Waals surface area contributed by atoms with E-state index in [-0.39, 0.29) is 11.5 Å². The molecule has 0 atom stereocenters. The first kappa shape index (κ1) is 12.3. The summed E-state index contributed by atoms with van der Waals surface area (Å²) in [7, 11) is 0. The standard InChI is InChI=1S/C13H17NO2/c1-10(2)9-11(15)7-8-14-12-5-3-4-6-13(12)16/h3-8,10,14,16H,9H2,1-2H3. The van der Waals surface area contributed by atoms with Crippen LogP contribution in [0.25, 0.3) is 0 Å². The number of para-hydroxylation sites is 2. The lowest BCUT2D eigenvalue weighted by atomic mass is 10.1. The fourth-order valence-electron chi connectivity index (χ4n) is 1.29. The number of phenolic OH excluding ortho intramolecular Hbond substituents is 1. The lowest BCUT2D eigenvalue weighted by molar-refractivity contribution is -0.115. The maximum atomic E-state index is 11.3. The van der Waals surface area contributed by atoms with Crippen LogP contribution in [-0.4, -0.2) is 10.9 Å². The number of ketones is 1. The molecule has 1 rings (SSSR count). The Morgan fingerprint density at radius 2 is 2.12 bits per heavy atom. The fraction of sp³-hybridized carbons (Fsp3) is 0.308. The number of phenols is 1. The van der Waals surface area contributed by atoms with Gasteiger partial charge in [0.05, 0.1) is 5.69 Å². The minimum Gasteiger partial charge on any atom is -0.506 e. The molecule has 0 spiro atoms. The summed E-state index contributed by atoms with van der Waals surface area (Å²) in [5.74, 6) is 0.614. The molecule has 16 heavy (non-hydrogen) atoms. The van der Waals surface area contributed by atoms with E-state index < -0.39 is 0 Å². The topological polar surface area (TPSA) is 49.3 Å². The van der Waals surface area contributed by atoms with Gasteiger partial charge < -0.3 is 10.4 Å². The summed E-state index contributed by atoms with van der Waals surface area (Å²) < 4.78 is 0. The second kappa shape index (κ2) is 5.95. The quantitative estimate of drug-likeness (QED) is 0.591. The van der Waals surface area contributed by atoms with Gasteiger partial charge in [-0.1, -0.05) is 26.0 Å². The Labute approximate surface area is 95.8 Å². The van der Waals surface area contributed by atoms with Gasteiger partial charge in [-0.15, -0.1) is 0 Å². The molecule has 0 aromatic heterocycles. The van der Waals surface area contributed by atoms with Crippen molar-refractivity contribution in [2.45, 2.75) is 20.3 Å². The van der Waals surface area contributed by atoms with Gasteiger partial charge in [0.15, 0.2) is 5.78 Å². The van der Waals surface area contributed by atoms with E-state index in [4.69, 9.17) is 0 Å². The van der Waals surface area contributed by atoms with E-state index in [1.54, 1.807) is 24.4 Å². The SMILES string of the molecule is CC(C)CC(=O)C=CNc1ccccc1O. The highest BCUT2D eigenvalue weighted by atomic mass is 16.3. The molecular formula is C13H17NO2. The van der Waals surface area contributed by atoms with Gasteiger partial charge in [0.1, 0.15) is 5.75 Å². The van der Waals surface area contributed by atoms with Crippen LogP contribution < -0.4 is 5.32 Å². The van der Waals surface area contributed by atoms with Gasteiger partial charge in [-0.2, -0.15) is 0 Å². The number of hydrogen-bond donors (Lipinski definition) is 2. The van der Waals surface area contributed by atoms with Crippen LogP contribution in [0.3, 0.4) is 0 Å². The average Bonchev–Trinajstić information content (AvgIpc) is 2.19. The van der Waals surface area contributed by atoms with Crippen LogP contribution in [0, 0.1) is 5.92 Å². The molecule has 0 bridgehead atoms. The van der Waals surface area contributed by atoms with Gasteiger partial charge in [0, 0.05) is 12.6 Å². The molecule has 0 aliphatic carbocycles. The largest absolute Gasteiger partial charge is 0.506 e. The van der Waals surface area contributed by atoms with Gasteiger partial charge >= 0.3 is 0 Å². The molecule has 0 amide bonds. The summed E-state index contributed by atoms with van der Waals surface area (Å²) in [5, 5.41) is 12.3. The second-order valence-corrected chi connectivity index (χ2v) is 4.06. The van der Waals surface area contributed by atoms with Crippen molar-refractivity contribution >= 4 is 11.5 Å². The number of aromatic hydroxyl groups is 1. The number of hydrogen-bond acceptors (Lipinski definition) is 3. The predicted molar refractivity (Wildman–Crippen MR) is 65.3 cm³/mol. The zero-order valence-electron chi connectivity index (χ0n) is 9.60. The van der Waals surface area contributed by atoms with Crippen LogP contribution in [0.4, 0.5) is 5.69 Å². The summed E-state index contributed by atoms with van der Waals surface area (Å²) in [6, 6.07) is 6.89. The van der Waals surface area contributed by atoms with Crippen LogP contribution in [0.5, 0.6) is 5.75 Å². The molecule has 0 aliphatic rings. The van der Waals surface area contributed by atoms with E-state index in [2.05, 4.69) is 5.32 Å². The van der Waals surface area contributed by atoms with Crippen molar-refractivity contribution in [2.75, 3.05) is 5.32 Å². The molecule has 3 nitrogen and oxygen atoms in total. The Morgan fingerprint density at radius 3 is 2.75 bits per heavy atom. The molecular weight excluding hydrogens is 202 g/mol. The maximum Gasteiger partial charge on any atom is 0.157 e. The van der Waals surface area contributed by atoms with E-state index in [0.717, 1.165) is 0 Å². The van der Waals surface area contributed by atoms with Gasteiger partial charge in [0.2, 0.25) is 0 Å². The van der Waals surface area contributed by atoms with E-state index in [0.29, 0.717) is 18.0 Å². The zero-order valence-corrected chi connectivity index (χ0v) is 9.60. The second-order valence-electron chi connectivity index (χ2n) is 4.06. The minimum absolute atomic E-state index is 0.0814. The molecule has 0 saturated carbocycles. The van der Waals surface area contributed by atoms with Gasteiger partial charge in [-0.05, 0) is 24.1 Å². The number of carbonyl (C=O) groups is 1. The van der Waals surface area contributed by atoms with Crippen molar-refractivity contribution < 1.29 is 9.90 Å². The summed E-state index contributed by atoms with van der Waals surface area (Å²) in [6.45, 7) is 4.00. The van der Waals surface area contributed by atoms with Crippen LogP contribution in [0.1, 0.15) is 20.3 Å². The summed E-state index contributed by atoms with van der Waals surface area (Å²) in [6.07, 6.45) is 3.59. The Bertz CT molecular complexity index is 383. The van der Waals surface area contributed by atoms with Crippen molar-refractivity contribution in [3.8, 4) is 5.75 Å². The maximum absolute atomic E-state index is 11.3. The van der Waals surface area contributed by atoms with Crippen molar-refractivity contribution in [1.82, 2.24) is 0 Å². The Morgan fingerprint density at radius 1 is 1.44 bits per heavy atom. The number of nitrogens with one attached hydrogen (secondary N) is 1. The molecule has 86 valence electrons. The van der Waals surface area contributed by atoms with E-state index in [1.165, 1.54) is 6.08 Å². The van der Waals surface area contributed by atoms with E-state index in [1.807, 2.05) is 19.9 Å². The Balaban J connectivity index is 2.49. The van der Waals surface area contributed by atoms with Crippen molar-refractivity contribution in [1.29, 1.82) is 0 Å². The number of rotatable bonds is 5. The van der Waals surface area contributed by atoms with E-state index in [9.17, 15) is 9.90 Å². The molecule has 0 aliphatic heterocycles. The normalized spacial score (nSPS) is 10.9. The fourth-order valence-corrected chi connectivity index (χ4v) is 1.29. The third-order valence-corrected chi connectivity index (χ3v) is 2.02. The first-order valence-corrected chi connectivity index (χ1v) is 5.33. The number of benzene rings is 1. The van der Waals surface area contributed by atoms with Crippen molar-refractivity contribution in [2.24, 2.45) is 5.92 Å². The minimum atomic E-state index is 0.0814. The molecule has 0 fully saturated rings. The molecule has 0 radical (unpaired) electrons. The third kappa shape index (κ3) is 4.17. The lowest BCUT2D eigenvalue weighted by Gasteiger charge is -2.03. The first-order valence-electron chi connectivity index (χ1n) is 5.33. The highest BCUT2D eigenvalue weighted by molar-refractivity contribution is 5.90. The highest BCUT2D eigenvalue weighted by Gasteiger charge is 2.00. The Kier molecular flexibility index (Phi) is 4.58. The van der Waals surface area contributed by atoms with Gasteiger partial charge in [-0.3, -0.25) is 4.79 Å². The van der Waals surface area contributed by atoms with Crippen LogP contribution in [0.2, 0.25) is 0 Å². The summed E-state index contributed by atoms with van der Waals surface area (Å²) in [5.41, 5.74) is 0.594.